The van der Waals surface area contributed by atoms with Crippen LogP contribution < -0.4 is 4.74 Å². The molecule has 0 spiro atoms. The smallest absolute Gasteiger partial charge is 0.172 e. The highest BCUT2D eigenvalue weighted by Gasteiger charge is 2.09. The molecule has 0 heterocycles. The number of hydrogen-bond donors (Lipinski definition) is 0. The van der Waals surface area contributed by atoms with Crippen molar-refractivity contribution in [3.63, 3.8) is 0 Å². The Labute approximate surface area is 99.9 Å². The van der Waals surface area contributed by atoms with Crippen LogP contribution in [-0.2, 0) is 0 Å². The van der Waals surface area contributed by atoms with Crippen LogP contribution in [0.25, 0.3) is 11.1 Å². The molecule has 17 heavy (non-hydrogen) atoms. The normalized spacial score (nSPS) is 9.71. The van der Waals surface area contributed by atoms with Crippen LogP contribution in [0.3, 0.4) is 0 Å². The van der Waals surface area contributed by atoms with Crippen LogP contribution in [0.4, 0.5) is 4.39 Å². The molecule has 84 valence electrons. The third-order valence-electron chi connectivity index (χ3n) is 2.52. The molecule has 0 unspecified atom stereocenters. The molecule has 0 bridgehead atoms. The zero-order valence-electron chi connectivity index (χ0n) is 9.41. The van der Waals surface area contributed by atoms with Gasteiger partial charge in [-0.2, -0.15) is 0 Å². The lowest BCUT2D eigenvalue weighted by Gasteiger charge is -2.07. The van der Waals surface area contributed by atoms with Gasteiger partial charge in [-0.05, 0) is 23.8 Å². The summed E-state index contributed by atoms with van der Waals surface area (Å²) in [7, 11) is 1.44. The first-order valence-corrected chi connectivity index (χ1v) is 5.16. The van der Waals surface area contributed by atoms with Crippen molar-refractivity contribution in [1.82, 2.24) is 0 Å². The second-order valence-electron chi connectivity index (χ2n) is 3.55. The van der Waals surface area contributed by atoms with Crippen molar-refractivity contribution in [2.75, 3.05) is 7.11 Å². The summed E-state index contributed by atoms with van der Waals surface area (Å²) >= 11 is 0. The topological polar surface area (TPSA) is 9.23 Å². The maximum Gasteiger partial charge on any atom is 0.172 e. The summed E-state index contributed by atoms with van der Waals surface area (Å²) in [5.41, 5.74) is 1.96. The van der Waals surface area contributed by atoms with Gasteiger partial charge in [0.1, 0.15) is 0 Å². The SMILES string of the molecule is C#Cc1cccc(-c2cccc(OC)c2F)c1. The summed E-state index contributed by atoms with van der Waals surface area (Å²) < 4.78 is 19.0. The molecule has 2 heteroatoms. The molecule has 0 fully saturated rings. The minimum Gasteiger partial charge on any atom is -0.494 e. The summed E-state index contributed by atoms with van der Waals surface area (Å²) in [4.78, 5) is 0. The first-order chi connectivity index (χ1) is 8.26. The first-order valence-electron chi connectivity index (χ1n) is 5.16. The summed E-state index contributed by atoms with van der Waals surface area (Å²) in [6.07, 6.45) is 5.32. The van der Waals surface area contributed by atoms with E-state index in [2.05, 4.69) is 5.92 Å². The monoisotopic (exact) mass is 226 g/mol. The predicted molar refractivity (Wildman–Crippen MR) is 66.3 cm³/mol. The van der Waals surface area contributed by atoms with E-state index < -0.39 is 0 Å². The zero-order valence-corrected chi connectivity index (χ0v) is 9.41. The van der Waals surface area contributed by atoms with Gasteiger partial charge < -0.3 is 4.74 Å². The lowest BCUT2D eigenvalue weighted by molar-refractivity contribution is 0.387. The lowest BCUT2D eigenvalue weighted by Crippen LogP contribution is -1.91. The van der Waals surface area contributed by atoms with E-state index in [1.54, 1.807) is 24.3 Å². The number of benzene rings is 2. The summed E-state index contributed by atoms with van der Waals surface area (Å²) in [6.45, 7) is 0. The summed E-state index contributed by atoms with van der Waals surface area (Å²) in [5.74, 6) is 2.39. The second kappa shape index (κ2) is 4.71. The van der Waals surface area contributed by atoms with Crippen molar-refractivity contribution < 1.29 is 9.13 Å². The molecule has 2 rings (SSSR count). The third-order valence-corrected chi connectivity index (χ3v) is 2.52. The van der Waals surface area contributed by atoms with E-state index in [1.807, 2.05) is 18.2 Å². The summed E-state index contributed by atoms with van der Waals surface area (Å²) in [6, 6.07) is 12.2. The second-order valence-corrected chi connectivity index (χ2v) is 3.55. The molecule has 0 saturated carbocycles. The van der Waals surface area contributed by atoms with Crippen molar-refractivity contribution in [1.29, 1.82) is 0 Å². The Bertz CT molecular complexity index is 582. The molecule has 0 N–H and O–H groups in total. The van der Waals surface area contributed by atoms with Gasteiger partial charge in [0, 0.05) is 11.1 Å². The van der Waals surface area contributed by atoms with E-state index in [1.165, 1.54) is 7.11 Å². The van der Waals surface area contributed by atoms with Crippen LogP contribution in [0, 0.1) is 18.2 Å². The fraction of sp³-hybridized carbons (Fsp3) is 0.0667. The molecule has 0 aliphatic rings. The molecular weight excluding hydrogens is 215 g/mol. The Balaban J connectivity index is 2.57. The van der Waals surface area contributed by atoms with E-state index in [0.29, 0.717) is 5.56 Å². The Kier molecular flexibility index (Phi) is 3.11. The van der Waals surface area contributed by atoms with Gasteiger partial charge in [0.05, 0.1) is 7.11 Å². The Morgan fingerprint density at radius 2 is 1.94 bits per heavy atom. The van der Waals surface area contributed by atoms with Crippen LogP contribution >= 0.6 is 0 Å². The molecule has 0 saturated heterocycles. The minimum absolute atomic E-state index is 0.230. The Hall–Kier alpha value is -2.27. The zero-order chi connectivity index (χ0) is 12.3. The highest BCUT2D eigenvalue weighted by molar-refractivity contribution is 5.67. The predicted octanol–water partition coefficient (Wildman–Crippen LogP) is 3.48. The van der Waals surface area contributed by atoms with Crippen molar-refractivity contribution in [3.8, 4) is 29.2 Å². The Morgan fingerprint density at radius 1 is 1.18 bits per heavy atom. The van der Waals surface area contributed by atoms with Gasteiger partial charge >= 0.3 is 0 Å². The number of ether oxygens (including phenoxy) is 1. The van der Waals surface area contributed by atoms with Crippen LogP contribution in [0.15, 0.2) is 42.5 Å². The highest BCUT2D eigenvalue weighted by Crippen LogP contribution is 2.29. The fourth-order valence-corrected chi connectivity index (χ4v) is 1.67. The lowest BCUT2D eigenvalue weighted by atomic mass is 10.0. The fourth-order valence-electron chi connectivity index (χ4n) is 1.67. The highest BCUT2D eigenvalue weighted by atomic mass is 19.1. The van der Waals surface area contributed by atoms with E-state index in [-0.39, 0.29) is 11.6 Å². The van der Waals surface area contributed by atoms with Crippen LogP contribution in [0.2, 0.25) is 0 Å². The molecule has 0 atom stereocenters. The molecule has 0 amide bonds. The average molecular weight is 226 g/mol. The van der Waals surface area contributed by atoms with Gasteiger partial charge in [-0.15, -0.1) is 6.42 Å². The Morgan fingerprint density at radius 3 is 2.65 bits per heavy atom. The molecule has 1 nitrogen and oxygen atoms in total. The number of methoxy groups -OCH3 is 1. The largest absolute Gasteiger partial charge is 0.494 e. The maximum absolute atomic E-state index is 14.0. The van der Waals surface area contributed by atoms with Gasteiger partial charge in [-0.1, -0.05) is 30.2 Å². The van der Waals surface area contributed by atoms with E-state index in [9.17, 15) is 4.39 Å². The van der Waals surface area contributed by atoms with Crippen molar-refractivity contribution in [2.24, 2.45) is 0 Å². The first kappa shape index (κ1) is 11.2. The number of hydrogen-bond acceptors (Lipinski definition) is 1. The number of terminal acetylenes is 1. The van der Waals surface area contributed by atoms with Crippen LogP contribution in [0.1, 0.15) is 5.56 Å². The van der Waals surface area contributed by atoms with Crippen molar-refractivity contribution in [2.45, 2.75) is 0 Å². The summed E-state index contributed by atoms with van der Waals surface area (Å²) in [5, 5.41) is 0. The molecule has 2 aromatic rings. The molecule has 2 aromatic carbocycles. The van der Waals surface area contributed by atoms with E-state index in [0.717, 1.165) is 11.1 Å². The van der Waals surface area contributed by atoms with Crippen LogP contribution in [0.5, 0.6) is 5.75 Å². The molecule has 0 aromatic heterocycles. The van der Waals surface area contributed by atoms with Gasteiger partial charge in [-0.25, -0.2) is 4.39 Å². The molecular formula is C15H11FO. The molecule has 0 aliphatic carbocycles. The van der Waals surface area contributed by atoms with E-state index in [4.69, 9.17) is 11.2 Å². The van der Waals surface area contributed by atoms with Gasteiger partial charge in [0.15, 0.2) is 11.6 Å². The standard InChI is InChI=1S/C15H11FO/c1-3-11-6-4-7-12(10-11)13-8-5-9-14(17-2)15(13)16/h1,4-10H,2H3. The molecule has 0 radical (unpaired) electrons. The maximum atomic E-state index is 14.0. The van der Waals surface area contributed by atoms with E-state index >= 15 is 0 Å². The molecule has 0 aliphatic heterocycles. The third kappa shape index (κ3) is 2.14. The quantitative estimate of drug-likeness (QED) is 0.712. The number of halogens is 1. The van der Waals surface area contributed by atoms with Crippen LogP contribution in [-0.4, -0.2) is 7.11 Å². The van der Waals surface area contributed by atoms with Crippen molar-refractivity contribution >= 4 is 0 Å². The van der Waals surface area contributed by atoms with Gasteiger partial charge in [-0.3, -0.25) is 0 Å². The number of rotatable bonds is 2. The minimum atomic E-state index is -0.371. The average Bonchev–Trinajstić information content (AvgIpc) is 2.39. The van der Waals surface area contributed by atoms with Crippen molar-refractivity contribution in [3.05, 3.63) is 53.8 Å². The van der Waals surface area contributed by atoms with Gasteiger partial charge in [0.25, 0.3) is 0 Å². The van der Waals surface area contributed by atoms with Gasteiger partial charge in [0.2, 0.25) is 0 Å².